The number of hydrogen-bond donors (Lipinski definition) is 0. The van der Waals surface area contributed by atoms with E-state index in [1.165, 1.54) is 11.8 Å². The monoisotopic (exact) mass is 214 g/mol. The summed E-state index contributed by atoms with van der Waals surface area (Å²) in [6.45, 7) is 0. The van der Waals surface area contributed by atoms with E-state index in [1.807, 2.05) is 0 Å². The van der Waals surface area contributed by atoms with Crippen LogP contribution in [0.15, 0.2) is 0 Å². The smallest absolute Gasteiger partial charge is 0.188 e. The predicted molar refractivity (Wildman–Crippen MR) is 59.4 cm³/mol. The summed E-state index contributed by atoms with van der Waals surface area (Å²) in [6.07, 6.45) is 7.22. The van der Waals surface area contributed by atoms with Gasteiger partial charge in [-0.1, -0.05) is 24.6 Å². The van der Waals surface area contributed by atoms with Gasteiger partial charge in [-0.3, -0.25) is 9.59 Å². The molecule has 1 aliphatic heterocycles. The fourth-order valence-electron chi connectivity index (χ4n) is 1.60. The molecule has 0 unspecified atom stereocenters. The molecule has 0 radical (unpaired) electrons. The van der Waals surface area contributed by atoms with Gasteiger partial charge in [-0.2, -0.15) is 0 Å². The van der Waals surface area contributed by atoms with E-state index in [4.69, 9.17) is 0 Å². The molecule has 0 saturated carbocycles. The molecular formula is C11H18O2S. The second-order valence-electron chi connectivity index (χ2n) is 3.78. The van der Waals surface area contributed by atoms with Crippen molar-refractivity contribution in [3.63, 3.8) is 0 Å². The van der Waals surface area contributed by atoms with Crippen molar-refractivity contribution >= 4 is 22.7 Å². The summed E-state index contributed by atoms with van der Waals surface area (Å²) in [6, 6.07) is 0. The van der Waals surface area contributed by atoms with Crippen molar-refractivity contribution in [3.05, 3.63) is 0 Å². The average molecular weight is 214 g/mol. The van der Waals surface area contributed by atoms with Crippen LogP contribution in [0.2, 0.25) is 0 Å². The van der Waals surface area contributed by atoms with Gasteiger partial charge in [0.1, 0.15) is 5.78 Å². The molecule has 1 heterocycles. The number of thioether (sulfide) groups is 1. The van der Waals surface area contributed by atoms with Gasteiger partial charge in [0, 0.05) is 25.0 Å². The Balaban J connectivity index is 2.27. The van der Waals surface area contributed by atoms with Crippen LogP contribution in [0, 0.1) is 0 Å². The minimum atomic E-state index is 0.304. The maximum absolute atomic E-state index is 11.3. The Hall–Kier alpha value is -0.310. The number of hydrogen-bond acceptors (Lipinski definition) is 3. The van der Waals surface area contributed by atoms with Gasteiger partial charge < -0.3 is 0 Å². The highest BCUT2D eigenvalue weighted by Crippen LogP contribution is 2.15. The molecule has 0 N–H and O–H groups in total. The van der Waals surface area contributed by atoms with Crippen LogP contribution in [-0.2, 0) is 9.59 Å². The molecular weight excluding hydrogens is 196 g/mol. The van der Waals surface area contributed by atoms with Crippen molar-refractivity contribution in [2.45, 2.75) is 51.4 Å². The van der Waals surface area contributed by atoms with Gasteiger partial charge in [-0.15, -0.1) is 0 Å². The Morgan fingerprint density at radius 1 is 0.786 bits per heavy atom. The third-order valence-corrected chi connectivity index (χ3v) is 3.47. The highest BCUT2D eigenvalue weighted by molar-refractivity contribution is 8.13. The summed E-state index contributed by atoms with van der Waals surface area (Å²) in [5.41, 5.74) is 0. The summed E-state index contributed by atoms with van der Waals surface area (Å²) in [4.78, 5) is 22.5. The summed E-state index contributed by atoms with van der Waals surface area (Å²) < 4.78 is 0. The lowest BCUT2D eigenvalue weighted by molar-refractivity contribution is -0.119. The van der Waals surface area contributed by atoms with Crippen LogP contribution in [0.4, 0.5) is 0 Å². The fraction of sp³-hybridized carbons (Fsp3) is 0.818. The molecule has 0 aromatic rings. The Kier molecular flexibility index (Phi) is 5.92. The second kappa shape index (κ2) is 7.04. The molecule has 14 heavy (non-hydrogen) atoms. The molecule has 1 fully saturated rings. The highest BCUT2D eigenvalue weighted by Gasteiger charge is 2.07. The molecule has 80 valence electrons. The average Bonchev–Trinajstić information content (AvgIpc) is 2.16. The van der Waals surface area contributed by atoms with Gasteiger partial charge >= 0.3 is 0 Å². The Labute approximate surface area is 89.8 Å². The van der Waals surface area contributed by atoms with Crippen molar-refractivity contribution in [2.75, 3.05) is 5.75 Å². The minimum absolute atomic E-state index is 0.304. The van der Waals surface area contributed by atoms with Gasteiger partial charge in [0.25, 0.3) is 0 Å². The first-order valence-corrected chi connectivity index (χ1v) is 6.45. The molecule has 0 aliphatic carbocycles. The zero-order valence-corrected chi connectivity index (χ0v) is 9.41. The van der Waals surface area contributed by atoms with Crippen LogP contribution in [0.25, 0.3) is 0 Å². The second-order valence-corrected chi connectivity index (χ2v) is 4.93. The molecule has 1 rings (SSSR count). The Morgan fingerprint density at radius 2 is 1.43 bits per heavy atom. The van der Waals surface area contributed by atoms with E-state index in [0.29, 0.717) is 17.3 Å². The van der Waals surface area contributed by atoms with Crippen molar-refractivity contribution in [1.82, 2.24) is 0 Å². The van der Waals surface area contributed by atoms with E-state index in [0.717, 1.165) is 50.7 Å². The number of carbonyl (C=O) groups is 2. The molecule has 0 atom stereocenters. The summed E-state index contributed by atoms with van der Waals surface area (Å²) >= 11 is 1.40. The minimum Gasteiger partial charge on any atom is -0.300 e. The number of carbonyl (C=O) groups excluding carboxylic acids is 2. The molecule has 0 aromatic heterocycles. The summed E-state index contributed by atoms with van der Waals surface area (Å²) in [7, 11) is 0. The fourth-order valence-corrected chi connectivity index (χ4v) is 2.40. The standard InChI is InChI=1S/C11H18O2S/c12-10-6-3-1-2-4-8-11(13)14-9-5-7-10/h1-9H2. The Bertz CT molecular complexity index is 179. The number of ketones is 1. The van der Waals surface area contributed by atoms with Crippen LogP contribution < -0.4 is 0 Å². The maximum Gasteiger partial charge on any atom is 0.188 e. The normalized spacial score (nSPS) is 22.6. The van der Waals surface area contributed by atoms with Crippen molar-refractivity contribution in [3.8, 4) is 0 Å². The maximum atomic E-state index is 11.3. The lowest BCUT2D eigenvalue weighted by atomic mass is 10.1. The first-order chi connectivity index (χ1) is 6.79. The van der Waals surface area contributed by atoms with E-state index in [-0.39, 0.29) is 0 Å². The number of rotatable bonds is 0. The van der Waals surface area contributed by atoms with Crippen LogP contribution in [0.5, 0.6) is 0 Å². The van der Waals surface area contributed by atoms with Crippen LogP contribution in [0.1, 0.15) is 51.4 Å². The molecule has 0 bridgehead atoms. The van der Waals surface area contributed by atoms with Gasteiger partial charge in [0.15, 0.2) is 5.12 Å². The van der Waals surface area contributed by atoms with E-state index in [1.54, 1.807) is 0 Å². The topological polar surface area (TPSA) is 34.1 Å². The van der Waals surface area contributed by atoms with Crippen LogP contribution in [-0.4, -0.2) is 16.7 Å². The van der Waals surface area contributed by atoms with E-state index < -0.39 is 0 Å². The van der Waals surface area contributed by atoms with Crippen molar-refractivity contribution < 1.29 is 9.59 Å². The predicted octanol–water partition coefficient (Wildman–Crippen LogP) is 2.95. The van der Waals surface area contributed by atoms with E-state index in [2.05, 4.69) is 0 Å². The SMILES string of the molecule is O=C1CCCCCCC(=O)SCCC1. The van der Waals surface area contributed by atoms with Gasteiger partial charge in [-0.25, -0.2) is 0 Å². The third kappa shape index (κ3) is 5.43. The van der Waals surface area contributed by atoms with E-state index in [9.17, 15) is 9.59 Å². The molecule has 1 aliphatic rings. The van der Waals surface area contributed by atoms with Crippen LogP contribution >= 0.6 is 11.8 Å². The molecule has 0 amide bonds. The lowest BCUT2D eigenvalue weighted by Gasteiger charge is -2.04. The van der Waals surface area contributed by atoms with Gasteiger partial charge in [0.2, 0.25) is 0 Å². The van der Waals surface area contributed by atoms with Crippen molar-refractivity contribution in [1.29, 1.82) is 0 Å². The number of Topliss-reactive ketones (excluding diaryl/α,β-unsaturated/α-hetero) is 1. The quantitative estimate of drug-likeness (QED) is 0.621. The first-order valence-electron chi connectivity index (χ1n) is 5.46. The summed E-state index contributed by atoms with van der Waals surface area (Å²) in [5.74, 6) is 1.20. The largest absolute Gasteiger partial charge is 0.300 e. The molecule has 3 heteroatoms. The van der Waals surface area contributed by atoms with Gasteiger partial charge in [0.05, 0.1) is 0 Å². The zero-order valence-electron chi connectivity index (χ0n) is 8.59. The van der Waals surface area contributed by atoms with E-state index >= 15 is 0 Å². The Morgan fingerprint density at radius 3 is 2.21 bits per heavy atom. The molecule has 2 nitrogen and oxygen atoms in total. The van der Waals surface area contributed by atoms with Gasteiger partial charge in [-0.05, 0) is 19.3 Å². The third-order valence-electron chi connectivity index (χ3n) is 2.45. The first kappa shape index (κ1) is 11.8. The lowest BCUT2D eigenvalue weighted by Crippen LogP contribution is -2.01. The van der Waals surface area contributed by atoms with Crippen LogP contribution in [0.3, 0.4) is 0 Å². The molecule has 0 aromatic carbocycles. The molecule has 1 saturated heterocycles. The molecule has 0 spiro atoms. The summed E-state index contributed by atoms with van der Waals surface area (Å²) in [5, 5.41) is 0.304. The highest BCUT2D eigenvalue weighted by atomic mass is 32.2. The van der Waals surface area contributed by atoms with Crippen molar-refractivity contribution in [2.24, 2.45) is 0 Å². The zero-order chi connectivity index (χ0) is 10.2.